The number of hydrogen-bond acceptors (Lipinski definition) is 3. The summed E-state index contributed by atoms with van der Waals surface area (Å²) < 4.78 is 5.11. The molecule has 0 N–H and O–H groups in total. The lowest BCUT2D eigenvalue weighted by Crippen LogP contribution is -2.43. The van der Waals surface area contributed by atoms with E-state index in [1.165, 1.54) is 6.39 Å². The molecule has 1 aliphatic heterocycles. The van der Waals surface area contributed by atoms with Crippen molar-refractivity contribution in [2.45, 2.75) is 25.6 Å². The fourth-order valence-electron chi connectivity index (χ4n) is 1.95. The van der Waals surface area contributed by atoms with Crippen LogP contribution in [0.1, 0.15) is 29.6 Å². The van der Waals surface area contributed by atoms with E-state index in [0.29, 0.717) is 30.5 Å². The van der Waals surface area contributed by atoms with Crippen molar-refractivity contribution >= 4 is 17.5 Å². The van der Waals surface area contributed by atoms with E-state index in [1.807, 2.05) is 0 Å². The number of carbonyl (C=O) groups is 1. The molecular formula is C11H15ClN2O2. The minimum absolute atomic E-state index is 0.0783. The van der Waals surface area contributed by atoms with Crippen LogP contribution < -0.4 is 0 Å². The summed E-state index contributed by atoms with van der Waals surface area (Å²) in [6.07, 6.45) is 2.14. The quantitative estimate of drug-likeness (QED) is 0.709. The van der Waals surface area contributed by atoms with Crippen molar-refractivity contribution < 1.29 is 9.21 Å². The Balaban J connectivity index is 2.09. The number of oxazole rings is 1. The van der Waals surface area contributed by atoms with Crippen molar-refractivity contribution in [3.63, 3.8) is 0 Å². The van der Waals surface area contributed by atoms with E-state index in [-0.39, 0.29) is 11.3 Å². The van der Waals surface area contributed by atoms with Gasteiger partial charge in [0, 0.05) is 18.5 Å². The van der Waals surface area contributed by atoms with Crippen LogP contribution in [-0.4, -0.2) is 34.3 Å². The fraction of sp³-hybridized carbons (Fsp3) is 0.636. The first-order valence-electron chi connectivity index (χ1n) is 5.43. The highest BCUT2D eigenvalue weighted by Gasteiger charge is 2.29. The number of carbonyl (C=O) groups excluding carboxylic acids is 1. The van der Waals surface area contributed by atoms with Gasteiger partial charge in [0.1, 0.15) is 0 Å². The van der Waals surface area contributed by atoms with E-state index >= 15 is 0 Å². The van der Waals surface area contributed by atoms with E-state index in [4.69, 9.17) is 16.0 Å². The summed E-state index contributed by atoms with van der Waals surface area (Å²) in [7, 11) is 0. The Morgan fingerprint density at radius 1 is 1.69 bits per heavy atom. The highest BCUT2D eigenvalue weighted by atomic mass is 35.5. The maximum atomic E-state index is 12.1. The Kier molecular flexibility index (Phi) is 3.19. The Labute approximate surface area is 99.6 Å². The first-order valence-corrected chi connectivity index (χ1v) is 5.86. The molecule has 2 atom stereocenters. The van der Waals surface area contributed by atoms with Crippen molar-refractivity contribution in [2.75, 3.05) is 13.1 Å². The number of hydrogen-bond donors (Lipinski definition) is 0. The molecule has 4 nitrogen and oxygen atoms in total. The Morgan fingerprint density at radius 3 is 3.00 bits per heavy atom. The van der Waals surface area contributed by atoms with Crippen LogP contribution in [0.3, 0.4) is 0 Å². The molecule has 0 spiro atoms. The predicted octanol–water partition coefficient (Wildman–Crippen LogP) is 2.07. The molecule has 0 bridgehead atoms. The van der Waals surface area contributed by atoms with Gasteiger partial charge in [-0.2, -0.15) is 0 Å². The highest BCUT2D eigenvalue weighted by Crippen LogP contribution is 2.23. The minimum Gasteiger partial charge on any atom is -0.438 e. The van der Waals surface area contributed by atoms with Gasteiger partial charge in [-0.1, -0.05) is 6.92 Å². The zero-order chi connectivity index (χ0) is 11.7. The number of piperidine rings is 1. The number of aromatic nitrogens is 1. The molecule has 1 aromatic rings. The van der Waals surface area contributed by atoms with Gasteiger partial charge in [-0.3, -0.25) is 4.79 Å². The predicted molar refractivity (Wildman–Crippen MR) is 60.6 cm³/mol. The lowest BCUT2D eigenvalue weighted by atomic mass is 9.99. The third-order valence-electron chi connectivity index (χ3n) is 3.03. The molecule has 1 aromatic heterocycles. The summed E-state index contributed by atoms with van der Waals surface area (Å²) in [5.74, 6) is 0.591. The summed E-state index contributed by atoms with van der Waals surface area (Å²) in [5, 5.41) is 0.167. The topological polar surface area (TPSA) is 46.3 Å². The number of nitrogens with zero attached hydrogens (tertiary/aromatic N) is 2. The first kappa shape index (κ1) is 11.5. The smallest absolute Gasteiger partial charge is 0.291 e. The van der Waals surface area contributed by atoms with Crippen molar-refractivity contribution in [3.8, 4) is 0 Å². The van der Waals surface area contributed by atoms with Gasteiger partial charge in [0.15, 0.2) is 6.39 Å². The van der Waals surface area contributed by atoms with Crippen LogP contribution in [0.5, 0.6) is 0 Å². The molecule has 2 rings (SSSR count). The van der Waals surface area contributed by atoms with E-state index in [1.54, 1.807) is 11.8 Å². The second kappa shape index (κ2) is 4.45. The maximum Gasteiger partial charge on any atom is 0.291 e. The zero-order valence-corrected chi connectivity index (χ0v) is 10.2. The van der Waals surface area contributed by atoms with Crippen LogP contribution in [-0.2, 0) is 0 Å². The van der Waals surface area contributed by atoms with Crippen LogP contribution in [0.4, 0.5) is 0 Å². The number of aryl methyl sites for hydroxylation is 1. The van der Waals surface area contributed by atoms with Gasteiger partial charge in [0.05, 0.1) is 5.69 Å². The summed E-state index contributed by atoms with van der Waals surface area (Å²) in [6.45, 7) is 5.21. The van der Waals surface area contributed by atoms with E-state index in [0.717, 1.165) is 6.42 Å². The average molecular weight is 243 g/mol. The Morgan fingerprint density at radius 2 is 2.44 bits per heavy atom. The Bertz CT molecular complexity index is 391. The molecule has 2 heterocycles. The summed E-state index contributed by atoms with van der Waals surface area (Å²) in [6, 6.07) is 0. The first-order chi connectivity index (χ1) is 7.59. The summed E-state index contributed by atoms with van der Waals surface area (Å²) in [4.78, 5) is 17.8. The molecule has 0 saturated carbocycles. The molecule has 1 aliphatic rings. The highest BCUT2D eigenvalue weighted by molar-refractivity contribution is 6.20. The molecule has 0 radical (unpaired) electrons. The molecule has 2 unspecified atom stereocenters. The van der Waals surface area contributed by atoms with Crippen LogP contribution in [0.15, 0.2) is 10.8 Å². The van der Waals surface area contributed by atoms with Gasteiger partial charge in [0.2, 0.25) is 5.76 Å². The van der Waals surface area contributed by atoms with Crippen molar-refractivity contribution in [3.05, 3.63) is 17.8 Å². The number of rotatable bonds is 1. The van der Waals surface area contributed by atoms with Gasteiger partial charge in [-0.05, 0) is 19.3 Å². The molecule has 1 amide bonds. The Hall–Kier alpha value is -1.03. The summed E-state index contributed by atoms with van der Waals surface area (Å²) >= 11 is 6.12. The van der Waals surface area contributed by atoms with Crippen LogP contribution in [0.2, 0.25) is 0 Å². The normalized spacial score (nSPS) is 25.8. The SMILES string of the molecule is Cc1ncoc1C(=O)N1CCC(Cl)C(C)C1. The number of amides is 1. The second-order valence-electron chi connectivity index (χ2n) is 4.30. The van der Waals surface area contributed by atoms with E-state index in [9.17, 15) is 4.79 Å². The standard InChI is InChI=1S/C11H15ClN2O2/c1-7-5-14(4-3-9(7)12)11(15)10-8(2)13-6-16-10/h6-7,9H,3-5H2,1-2H3. The van der Waals surface area contributed by atoms with Crippen molar-refractivity contribution in [2.24, 2.45) is 5.92 Å². The largest absolute Gasteiger partial charge is 0.438 e. The third kappa shape index (κ3) is 2.07. The molecule has 16 heavy (non-hydrogen) atoms. The lowest BCUT2D eigenvalue weighted by Gasteiger charge is -2.33. The van der Waals surface area contributed by atoms with Gasteiger partial charge < -0.3 is 9.32 Å². The average Bonchev–Trinajstić information content (AvgIpc) is 2.67. The summed E-state index contributed by atoms with van der Waals surface area (Å²) in [5.41, 5.74) is 0.644. The molecule has 0 aromatic carbocycles. The monoisotopic (exact) mass is 242 g/mol. The van der Waals surface area contributed by atoms with Crippen molar-refractivity contribution in [1.82, 2.24) is 9.88 Å². The molecule has 1 saturated heterocycles. The number of likely N-dealkylation sites (tertiary alicyclic amines) is 1. The maximum absolute atomic E-state index is 12.1. The molecule has 0 aliphatic carbocycles. The second-order valence-corrected chi connectivity index (χ2v) is 4.86. The van der Waals surface area contributed by atoms with E-state index in [2.05, 4.69) is 11.9 Å². The van der Waals surface area contributed by atoms with Gasteiger partial charge >= 0.3 is 0 Å². The molecular weight excluding hydrogens is 228 g/mol. The zero-order valence-electron chi connectivity index (χ0n) is 9.44. The number of halogens is 1. The van der Waals surface area contributed by atoms with Gasteiger partial charge in [-0.15, -0.1) is 11.6 Å². The van der Waals surface area contributed by atoms with Crippen molar-refractivity contribution in [1.29, 1.82) is 0 Å². The minimum atomic E-state index is -0.0783. The van der Waals surface area contributed by atoms with Gasteiger partial charge in [0.25, 0.3) is 5.91 Å². The third-order valence-corrected chi connectivity index (χ3v) is 3.68. The van der Waals surface area contributed by atoms with Gasteiger partial charge in [-0.25, -0.2) is 4.98 Å². The molecule has 1 fully saturated rings. The van der Waals surface area contributed by atoms with Crippen LogP contribution in [0.25, 0.3) is 0 Å². The molecule has 5 heteroatoms. The van der Waals surface area contributed by atoms with E-state index < -0.39 is 0 Å². The van der Waals surface area contributed by atoms with Crippen LogP contribution >= 0.6 is 11.6 Å². The molecule has 88 valence electrons. The number of alkyl halides is 1. The van der Waals surface area contributed by atoms with Crippen LogP contribution in [0, 0.1) is 12.8 Å². The lowest BCUT2D eigenvalue weighted by molar-refractivity contribution is 0.0654. The fourth-order valence-corrected chi connectivity index (χ4v) is 2.13.